The minimum absolute atomic E-state index is 0.0269. The lowest BCUT2D eigenvalue weighted by molar-refractivity contribution is 0.332. The largest absolute Gasteiger partial charge is 0.311 e. The molecule has 2 aliphatic heterocycles. The van der Waals surface area contributed by atoms with Gasteiger partial charge in [0.25, 0.3) is 6.71 Å². The first-order chi connectivity index (χ1) is 30.2. The summed E-state index contributed by atoms with van der Waals surface area (Å²) in [6.45, 7) is 39.3. The van der Waals surface area contributed by atoms with Crippen molar-refractivity contribution in [3.05, 3.63) is 123 Å². The zero-order chi connectivity index (χ0) is 46.3. The molecule has 5 aliphatic rings. The van der Waals surface area contributed by atoms with Crippen molar-refractivity contribution >= 4 is 78.0 Å². The van der Waals surface area contributed by atoms with Gasteiger partial charge in [0.15, 0.2) is 0 Å². The van der Waals surface area contributed by atoms with E-state index in [1.54, 1.807) is 0 Å². The van der Waals surface area contributed by atoms with Crippen LogP contribution in [0.3, 0.4) is 0 Å². The molecule has 11 rings (SSSR count). The molecule has 0 saturated carbocycles. The zero-order valence-corrected chi connectivity index (χ0v) is 43.4. The molecule has 0 bridgehead atoms. The number of thiophene rings is 1. The van der Waals surface area contributed by atoms with Gasteiger partial charge in [0.1, 0.15) is 0 Å². The van der Waals surface area contributed by atoms with Crippen LogP contribution in [-0.4, -0.2) is 6.71 Å². The topological polar surface area (TPSA) is 6.48 Å². The van der Waals surface area contributed by atoms with Crippen LogP contribution in [0.25, 0.3) is 10.1 Å². The van der Waals surface area contributed by atoms with E-state index < -0.39 is 0 Å². The highest BCUT2D eigenvalue weighted by Crippen LogP contribution is 2.55. The number of anilines is 6. The van der Waals surface area contributed by atoms with E-state index in [-0.39, 0.29) is 44.6 Å². The summed E-state index contributed by atoms with van der Waals surface area (Å²) in [5, 5.41) is 2.79. The Morgan fingerprint density at radius 2 is 0.908 bits per heavy atom. The van der Waals surface area contributed by atoms with E-state index in [0.29, 0.717) is 0 Å². The Kier molecular flexibility index (Phi) is 8.96. The maximum Gasteiger partial charge on any atom is 0.254 e. The van der Waals surface area contributed by atoms with E-state index in [2.05, 4.69) is 199 Å². The van der Waals surface area contributed by atoms with Crippen molar-refractivity contribution in [2.75, 3.05) is 9.80 Å². The van der Waals surface area contributed by atoms with Gasteiger partial charge in [-0.3, -0.25) is 0 Å². The molecule has 0 N–H and O–H groups in total. The van der Waals surface area contributed by atoms with E-state index in [1.165, 1.54) is 143 Å². The van der Waals surface area contributed by atoms with Crippen LogP contribution in [0.2, 0.25) is 0 Å². The van der Waals surface area contributed by atoms with Crippen LogP contribution in [0.1, 0.15) is 187 Å². The van der Waals surface area contributed by atoms with Crippen LogP contribution in [0, 0.1) is 6.92 Å². The molecular weight excluding hydrogens is 804 g/mol. The van der Waals surface area contributed by atoms with Crippen molar-refractivity contribution < 1.29 is 0 Å². The molecule has 0 amide bonds. The molecule has 0 spiro atoms. The summed E-state index contributed by atoms with van der Waals surface area (Å²) in [5.41, 5.74) is 23.5. The Morgan fingerprint density at radius 3 is 1.42 bits per heavy atom. The second kappa shape index (κ2) is 13.5. The monoisotopic (exact) mass is 877 g/mol. The molecule has 4 heteroatoms. The van der Waals surface area contributed by atoms with Crippen molar-refractivity contribution in [1.29, 1.82) is 0 Å². The van der Waals surface area contributed by atoms with Crippen molar-refractivity contribution in [2.24, 2.45) is 0 Å². The smallest absolute Gasteiger partial charge is 0.254 e. The van der Waals surface area contributed by atoms with Gasteiger partial charge >= 0.3 is 0 Å². The minimum atomic E-state index is 0.0269. The molecule has 3 aliphatic carbocycles. The lowest BCUT2D eigenvalue weighted by Crippen LogP contribution is -2.61. The number of aryl methyl sites for hydroxylation is 1. The average molecular weight is 877 g/mol. The first-order valence-electron chi connectivity index (χ1n) is 25.0. The predicted octanol–water partition coefficient (Wildman–Crippen LogP) is 15.6. The zero-order valence-electron chi connectivity index (χ0n) is 42.6. The number of nitrogens with zero attached hydrogens (tertiary/aromatic N) is 2. The molecule has 2 nitrogen and oxygen atoms in total. The second-order valence-electron chi connectivity index (χ2n) is 26.3. The molecule has 6 aromatic rings. The van der Waals surface area contributed by atoms with Gasteiger partial charge < -0.3 is 9.80 Å². The summed E-state index contributed by atoms with van der Waals surface area (Å²) in [5.74, 6) is 0. The molecule has 336 valence electrons. The summed E-state index contributed by atoms with van der Waals surface area (Å²) in [6, 6.07) is 33.0. The normalized spacial score (nSPS) is 21.2. The van der Waals surface area contributed by atoms with Crippen LogP contribution in [0.4, 0.5) is 33.4 Å². The van der Waals surface area contributed by atoms with Crippen LogP contribution >= 0.6 is 11.3 Å². The SMILES string of the molecule is Cc1cc2c3c(c1)N(c1ccc4c(c1)C(C)(C)CCC4(C)C)c1sc4ccc(C(C)(C)C)cc4c1B3c1cc3c(cc1N2c1ccc2c(c1)C(C)(C)CCC2(C)C)C(C)(C)CCC3(C)C. The molecule has 0 unspecified atom stereocenters. The predicted molar refractivity (Wildman–Crippen MR) is 285 cm³/mol. The Bertz CT molecular complexity index is 3020. The molecule has 0 saturated heterocycles. The van der Waals surface area contributed by atoms with E-state index in [0.717, 1.165) is 0 Å². The van der Waals surface area contributed by atoms with Gasteiger partial charge in [0, 0.05) is 33.1 Å². The number of hydrogen-bond acceptors (Lipinski definition) is 3. The summed E-state index contributed by atoms with van der Waals surface area (Å²) in [4.78, 5) is 5.44. The van der Waals surface area contributed by atoms with Crippen molar-refractivity contribution in [1.82, 2.24) is 0 Å². The third kappa shape index (κ3) is 6.30. The molecule has 5 aromatic carbocycles. The Balaban J connectivity index is 1.27. The number of hydrogen-bond donors (Lipinski definition) is 0. The lowest BCUT2D eigenvalue weighted by Gasteiger charge is -2.48. The van der Waals surface area contributed by atoms with Gasteiger partial charge in [-0.05, 0) is 198 Å². The van der Waals surface area contributed by atoms with Gasteiger partial charge in [-0.15, -0.1) is 11.3 Å². The highest BCUT2D eigenvalue weighted by Gasteiger charge is 2.49. The van der Waals surface area contributed by atoms with Gasteiger partial charge in [0.2, 0.25) is 0 Å². The first kappa shape index (κ1) is 43.3. The fraction of sp³-hybridized carbons (Fsp3) is 0.475. The fourth-order valence-electron chi connectivity index (χ4n) is 13.1. The molecule has 0 atom stereocenters. The molecule has 1 aromatic heterocycles. The van der Waals surface area contributed by atoms with E-state index >= 15 is 0 Å². The molecule has 0 fully saturated rings. The second-order valence-corrected chi connectivity index (χ2v) is 27.4. The van der Waals surface area contributed by atoms with Crippen molar-refractivity contribution in [2.45, 2.75) is 187 Å². The number of fused-ring (bicyclic) bond motifs is 9. The first-order valence-corrected chi connectivity index (χ1v) is 25.8. The maximum atomic E-state index is 2.73. The van der Waals surface area contributed by atoms with Gasteiger partial charge in [-0.25, -0.2) is 0 Å². The summed E-state index contributed by atoms with van der Waals surface area (Å²) in [7, 11) is 0. The number of rotatable bonds is 2. The quantitative estimate of drug-likeness (QED) is 0.160. The third-order valence-corrected chi connectivity index (χ3v) is 19.0. The van der Waals surface area contributed by atoms with E-state index in [9.17, 15) is 0 Å². The minimum Gasteiger partial charge on any atom is -0.311 e. The van der Waals surface area contributed by atoms with Crippen molar-refractivity contribution in [3.8, 4) is 0 Å². The summed E-state index contributed by atoms with van der Waals surface area (Å²) >= 11 is 2.01. The molecule has 65 heavy (non-hydrogen) atoms. The average Bonchev–Trinajstić information content (AvgIpc) is 3.60. The van der Waals surface area contributed by atoms with Crippen LogP contribution in [-0.2, 0) is 37.9 Å². The fourth-order valence-corrected chi connectivity index (χ4v) is 14.4. The Hall–Kier alpha value is -4.28. The summed E-state index contributed by atoms with van der Waals surface area (Å²) < 4.78 is 1.38. The summed E-state index contributed by atoms with van der Waals surface area (Å²) in [6.07, 6.45) is 7.20. The lowest BCUT2D eigenvalue weighted by atomic mass is 9.33. The third-order valence-electron chi connectivity index (χ3n) is 17.9. The Labute approximate surface area is 396 Å². The highest BCUT2D eigenvalue weighted by molar-refractivity contribution is 7.26. The number of benzene rings is 5. The maximum absolute atomic E-state index is 2.73. The standard InChI is InChI=1S/C61H73BN2S/c1-36-29-49-53-50(30-36)64(39-19-21-42-44(33-39)59(11,12)26-24-57(42,7)8)54-52(40-31-37(55(2,3)4)17-22-51(40)65-54)62(53)47-34-45-46(61(15,16)28-27-60(45,13)14)35-48(47)63(49)38-18-20-41-43(32-38)58(9,10)25-23-56(41,5)6/h17-22,29-35H,23-28H2,1-16H3. The van der Waals surface area contributed by atoms with E-state index in [1.807, 2.05) is 11.3 Å². The van der Waals surface area contributed by atoms with Crippen molar-refractivity contribution in [3.63, 3.8) is 0 Å². The molecule has 0 radical (unpaired) electrons. The molecular formula is C61H73BN2S. The molecule has 3 heterocycles. The van der Waals surface area contributed by atoms with Crippen LogP contribution in [0.5, 0.6) is 0 Å². The Morgan fingerprint density at radius 1 is 0.462 bits per heavy atom. The van der Waals surface area contributed by atoms with Gasteiger partial charge in [-0.1, -0.05) is 134 Å². The van der Waals surface area contributed by atoms with Gasteiger partial charge in [-0.2, -0.15) is 0 Å². The van der Waals surface area contributed by atoms with Gasteiger partial charge in [0.05, 0.1) is 5.00 Å². The van der Waals surface area contributed by atoms with Crippen LogP contribution < -0.4 is 26.2 Å². The van der Waals surface area contributed by atoms with Crippen LogP contribution in [0.15, 0.2) is 78.9 Å². The highest BCUT2D eigenvalue weighted by atomic mass is 32.1. The van der Waals surface area contributed by atoms with E-state index in [4.69, 9.17) is 0 Å².